The van der Waals surface area contributed by atoms with Gasteiger partial charge in [0.25, 0.3) is 5.91 Å². The van der Waals surface area contributed by atoms with Crippen LogP contribution in [0, 0.1) is 0 Å². The number of benzene rings is 2. The molecule has 0 saturated carbocycles. The minimum absolute atomic E-state index is 0.0240. The van der Waals surface area contributed by atoms with Crippen LogP contribution in [0.2, 0.25) is 0 Å². The Bertz CT molecular complexity index is 825. The summed E-state index contributed by atoms with van der Waals surface area (Å²) in [6.07, 6.45) is 4.28. The summed E-state index contributed by atoms with van der Waals surface area (Å²) in [6.45, 7) is 4.22. The molecule has 0 aromatic heterocycles. The van der Waals surface area contributed by atoms with Gasteiger partial charge in [-0.05, 0) is 29.7 Å². The molecule has 146 valence electrons. The SMILES string of the molecule is CCc1ccccc1OCC(=O)N1CCN(C(=O)/C=C/c2ccccc2)CC1. The molecular weight excluding hydrogens is 352 g/mol. The van der Waals surface area contributed by atoms with Gasteiger partial charge >= 0.3 is 0 Å². The Labute approximate surface area is 166 Å². The van der Waals surface area contributed by atoms with E-state index in [1.165, 1.54) is 0 Å². The summed E-state index contributed by atoms with van der Waals surface area (Å²) >= 11 is 0. The van der Waals surface area contributed by atoms with Crippen LogP contribution in [0.1, 0.15) is 18.1 Å². The van der Waals surface area contributed by atoms with E-state index in [4.69, 9.17) is 4.74 Å². The zero-order valence-electron chi connectivity index (χ0n) is 16.2. The molecule has 0 N–H and O–H groups in total. The van der Waals surface area contributed by atoms with Gasteiger partial charge in [0, 0.05) is 32.3 Å². The van der Waals surface area contributed by atoms with Crippen molar-refractivity contribution in [1.82, 2.24) is 9.80 Å². The van der Waals surface area contributed by atoms with Crippen molar-refractivity contribution in [1.29, 1.82) is 0 Å². The fourth-order valence-electron chi connectivity index (χ4n) is 3.18. The second-order valence-electron chi connectivity index (χ2n) is 6.70. The molecule has 28 heavy (non-hydrogen) atoms. The molecule has 1 aliphatic heterocycles. The lowest BCUT2D eigenvalue weighted by atomic mass is 10.1. The molecule has 0 unspecified atom stereocenters. The first-order chi connectivity index (χ1) is 13.7. The highest BCUT2D eigenvalue weighted by molar-refractivity contribution is 5.92. The number of hydrogen-bond donors (Lipinski definition) is 0. The molecule has 1 fully saturated rings. The summed E-state index contributed by atoms with van der Waals surface area (Å²) in [7, 11) is 0. The Kier molecular flexibility index (Phi) is 6.84. The molecule has 5 heteroatoms. The van der Waals surface area contributed by atoms with Crippen molar-refractivity contribution >= 4 is 17.9 Å². The molecule has 1 heterocycles. The van der Waals surface area contributed by atoms with E-state index >= 15 is 0 Å². The monoisotopic (exact) mass is 378 g/mol. The molecule has 5 nitrogen and oxygen atoms in total. The topological polar surface area (TPSA) is 49.9 Å². The molecule has 0 spiro atoms. The average Bonchev–Trinajstić information content (AvgIpc) is 2.76. The Hall–Kier alpha value is -3.08. The Morgan fingerprint density at radius 2 is 1.57 bits per heavy atom. The third-order valence-corrected chi connectivity index (χ3v) is 4.87. The second-order valence-corrected chi connectivity index (χ2v) is 6.70. The van der Waals surface area contributed by atoms with Crippen molar-refractivity contribution in [3.8, 4) is 5.75 Å². The molecule has 1 saturated heterocycles. The summed E-state index contributed by atoms with van der Waals surface area (Å²) in [5.41, 5.74) is 2.09. The standard InChI is InChI=1S/C23H26N2O3/c1-2-20-10-6-7-11-21(20)28-18-23(27)25-16-14-24(15-17-25)22(26)13-12-19-8-4-3-5-9-19/h3-13H,2,14-18H2,1H3/b13-12+. The first-order valence-electron chi connectivity index (χ1n) is 9.68. The number of ether oxygens (including phenoxy) is 1. The van der Waals surface area contributed by atoms with E-state index in [0.717, 1.165) is 23.3 Å². The lowest BCUT2D eigenvalue weighted by molar-refractivity contribution is -0.138. The highest BCUT2D eigenvalue weighted by Crippen LogP contribution is 2.18. The van der Waals surface area contributed by atoms with Crippen LogP contribution in [0.5, 0.6) is 5.75 Å². The van der Waals surface area contributed by atoms with Crippen molar-refractivity contribution < 1.29 is 14.3 Å². The quantitative estimate of drug-likeness (QED) is 0.726. The highest BCUT2D eigenvalue weighted by Gasteiger charge is 2.23. The number of nitrogens with zero attached hydrogens (tertiary/aromatic N) is 2. The van der Waals surface area contributed by atoms with Gasteiger partial charge in [-0.25, -0.2) is 0 Å². The normalized spacial score (nSPS) is 14.3. The van der Waals surface area contributed by atoms with Gasteiger partial charge in [0.15, 0.2) is 6.61 Å². The molecule has 2 aromatic carbocycles. The minimum Gasteiger partial charge on any atom is -0.483 e. The van der Waals surface area contributed by atoms with Crippen LogP contribution in [-0.4, -0.2) is 54.4 Å². The Morgan fingerprint density at radius 1 is 0.929 bits per heavy atom. The second kappa shape index (κ2) is 9.74. The maximum atomic E-state index is 12.4. The fourth-order valence-corrected chi connectivity index (χ4v) is 3.18. The molecule has 3 rings (SSSR count). The third kappa shape index (κ3) is 5.22. The first-order valence-corrected chi connectivity index (χ1v) is 9.68. The molecule has 2 amide bonds. The van der Waals surface area contributed by atoms with Crippen LogP contribution in [0.15, 0.2) is 60.7 Å². The third-order valence-electron chi connectivity index (χ3n) is 4.87. The fraction of sp³-hybridized carbons (Fsp3) is 0.304. The summed E-state index contributed by atoms with van der Waals surface area (Å²) in [5, 5.41) is 0. The van der Waals surface area contributed by atoms with Gasteiger partial charge in [-0.2, -0.15) is 0 Å². The van der Waals surface area contributed by atoms with Crippen LogP contribution >= 0.6 is 0 Å². The van der Waals surface area contributed by atoms with E-state index in [-0.39, 0.29) is 18.4 Å². The number of aryl methyl sites for hydroxylation is 1. The molecular formula is C23H26N2O3. The summed E-state index contributed by atoms with van der Waals surface area (Å²) in [6, 6.07) is 17.5. The van der Waals surface area contributed by atoms with Crippen LogP contribution in [0.3, 0.4) is 0 Å². The van der Waals surface area contributed by atoms with Crippen molar-refractivity contribution in [3.63, 3.8) is 0 Å². The van der Waals surface area contributed by atoms with E-state index in [2.05, 4.69) is 6.92 Å². The minimum atomic E-state index is -0.0437. The Morgan fingerprint density at radius 3 is 2.29 bits per heavy atom. The predicted molar refractivity (Wildman–Crippen MR) is 110 cm³/mol. The predicted octanol–water partition coefficient (Wildman–Crippen LogP) is 3.01. The molecule has 0 atom stereocenters. The van der Waals surface area contributed by atoms with Crippen molar-refractivity contribution in [2.75, 3.05) is 32.8 Å². The molecule has 0 radical (unpaired) electrons. The molecule has 0 bridgehead atoms. The van der Waals surface area contributed by atoms with Gasteiger partial charge in [-0.1, -0.05) is 55.5 Å². The number of carbonyl (C=O) groups excluding carboxylic acids is 2. The smallest absolute Gasteiger partial charge is 0.260 e. The molecule has 2 aromatic rings. The largest absolute Gasteiger partial charge is 0.483 e. The van der Waals surface area contributed by atoms with E-state index in [1.54, 1.807) is 15.9 Å². The van der Waals surface area contributed by atoms with Crippen LogP contribution in [0.4, 0.5) is 0 Å². The average molecular weight is 378 g/mol. The number of amides is 2. The van der Waals surface area contributed by atoms with Gasteiger partial charge in [0.2, 0.25) is 5.91 Å². The lowest BCUT2D eigenvalue weighted by Gasteiger charge is -2.34. The van der Waals surface area contributed by atoms with Gasteiger partial charge in [0.1, 0.15) is 5.75 Å². The maximum absolute atomic E-state index is 12.4. The summed E-state index contributed by atoms with van der Waals surface area (Å²) in [5.74, 6) is 0.695. The van der Waals surface area contributed by atoms with Gasteiger partial charge in [-0.3, -0.25) is 9.59 Å². The van der Waals surface area contributed by atoms with Crippen LogP contribution in [0.25, 0.3) is 6.08 Å². The van der Waals surface area contributed by atoms with Gasteiger partial charge < -0.3 is 14.5 Å². The Balaban J connectivity index is 1.46. The van der Waals surface area contributed by atoms with Crippen molar-refractivity contribution in [3.05, 3.63) is 71.8 Å². The van der Waals surface area contributed by atoms with E-state index in [1.807, 2.05) is 60.7 Å². The number of para-hydroxylation sites is 1. The van der Waals surface area contributed by atoms with E-state index in [9.17, 15) is 9.59 Å². The number of carbonyl (C=O) groups is 2. The maximum Gasteiger partial charge on any atom is 0.260 e. The van der Waals surface area contributed by atoms with Crippen LogP contribution in [-0.2, 0) is 16.0 Å². The van der Waals surface area contributed by atoms with Gasteiger partial charge in [-0.15, -0.1) is 0 Å². The zero-order chi connectivity index (χ0) is 19.8. The van der Waals surface area contributed by atoms with E-state index < -0.39 is 0 Å². The van der Waals surface area contributed by atoms with Crippen LogP contribution < -0.4 is 4.74 Å². The van der Waals surface area contributed by atoms with Gasteiger partial charge in [0.05, 0.1) is 0 Å². The summed E-state index contributed by atoms with van der Waals surface area (Å²) < 4.78 is 5.72. The molecule has 1 aliphatic rings. The summed E-state index contributed by atoms with van der Waals surface area (Å²) in [4.78, 5) is 28.3. The molecule has 0 aliphatic carbocycles. The number of hydrogen-bond acceptors (Lipinski definition) is 3. The lowest BCUT2D eigenvalue weighted by Crippen LogP contribution is -2.51. The zero-order valence-corrected chi connectivity index (χ0v) is 16.2. The first kappa shape index (κ1) is 19.7. The van der Waals surface area contributed by atoms with E-state index in [0.29, 0.717) is 26.2 Å². The van der Waals surface area contributed by atoms with Crippen molar-refractivity contribution in [2.24, 2.45) is 0 Å². The number of rotatable bonds is 6. The highest BCUT2D eigenvalue weighted by atomic mass is 16.5. The van der Waals surface area contributed by atoms with Crippen molar-refractivity contribution in [2.45, 2.75) is 13.3 Å². The number of piperazine rings is 1.